The highest BCUT2D eigenvalue weighted by Crippen LogP contribution is 2.41. The third-order valence-electron chi connectivity index (χ3n) is 10.4. The quantitative estimate of drug-likeness (QED) is 0.166. The monoisotopic (exact) mass is 696 g/mol. The van der Waals surface area contributed by atoms with Gasteiger partial charge in [-0.2, -0.15) is 0 Å². The summed E-state index contributed by atoms with van der Waals surface area (Å²) in [5, 5.41) is 2.43. The van der Waals surface area contributed by atoms with E-state index in [4.69, 9.17) is 9.97 Å². The Morgan fingerprint density at radius 1 is 0.426 bits per heavy atom. The van der Waals surface area contributed by atoms with Gasteiger partial charge in [0.1, 0.15) is 0 Å². The minimum Gasteiger partial charge on any atom is -0.310 e. The molecule has 54 heavy (non-hydrogen) atoms. The fourth-order valence-electron chi connectivity index (χ4n) is 7.57. The van der Waals surface area contributed by atoms with Gasteiger partial charge >= 0.3 is 0 Å². The summed E-state index contributed by atoms with van der Waals surface area (Å²) in [7, 11) is 0. The third kappa shape index (κ3) is 6.02. The van der Waals surface area contributed by atoms with E-state index in [0.29, 0.717) is 0 Å². The van der Waals surface area contributed by atoms with Crippen molar-refractivity contribution >= 4 is 38.9 Å². The Bertz CT molecular complexity index is 2680. The highest BCUT2D eigenvalue weighted by atomic mass is 15.1. The molecule has 0 bridgehead atoms. The molecular weight excluding hydrogens is 657 g/mol. The zero-order valence-electron chi connectivity index (χ0n) is 31.0. The molecule has 0 fully saturated rings. The molecule has 4 nitrogen and oxygen atoms in total. The zero-order chi connectivity index (χ0) is 36.8. The molecule has 4 heteroatoms. The van der Waals surface area contributed by atoms with Gasteiger partial charge in [0.05, 0.1) is 22.4 Å². The number of hydrogen-bond acceptors (Lipinski definition) is 3. The van der Waals surface area contributed by atoms with Crippen LogP contribution in [0.1, 0.15) is 22.3 Å². The Labute approximate surface area is 316 Å². The molecule has 0 spiro atoms. The molecule has 2 aromatic heterocycles. The smallest absolute Gasteiger partial charge is 0.160 e. The summed E-state index contributed by atoms with van der Waals surface area (Å²) in [5.41, 5.74) is 16.6. The van der Waals surface area contributed by atoms with E-state index in [1.807, 2.05) is 0 Å². The number of nitrogens with zero attached hydrogens (tertiary/aromatic N) is 4. The standard InChI is InChI=1S/C50H40N4/c1-33-19-23-37(24-20-33)45-32-46(52-50(51-45)38-25-21-34(2)22-26-38)43-29-36(4)49(30-35(43)3)54-47-18-12-11-17-42(47)44-31-41(27-28-48(44)54)53(39-13-7-5-8-14-39)40-15-9-6-10-16-40/h5-32H,1-4H3. The van der Waals surface area contributed by atoms with Gasteiger partial charge in [-0.25, -0.2) is 9.97 Å². The second kappa shape index (κ2) is 13.6. The molecule has 7 aromatic carbocycles. The van der Waals surface area contributed by atoms with Crippen molar-refractivity contribution in [2.24, 2.45) is 0 Å². The predicted octanol–water partition coefficient (Wildman–Crippen LogP) is 13.3. The molecule has 0 aliphatic heterocycles. The Hall–Kier alpha value is -6.78. The topological polar surface area (TPSA) is 34.0 Å². The van der Waals surface area contributed by atoms with Crippen LogP contribution in [-0.4, -0.2) is 14.5 Å². The lowest BCUT2D eigenvalue weighted by Crippen LogP contribution is -2.09. The number of rotatable bonds is 7. The van der Waals surface area contributed by atoms with Crippen LogP contribution in [0.4, 0.5) is 17.1 Å². The first-order valence-electron chi connectivity index (χ1n) is 18.5. The predicted molar refractivity (Wildman–Crippen MR) is 226 cm³/mol. The molecule has 0 saturated heterocycles. The summed E-state index contributed by atoms with van der Waals surface area (Å²) >= 11 is 0. The number of anilines is 3. The maximum atomic E-state index is 5.19. The van der Waals surface area contributed by atoms with E-state index >= 15 is 0 Å². The lowest BCUT2D eigenvalue weighted by Gasteiger charge is -2.25. The first-order chi connectivity index (χ1) is 26.4. The minimum absolute atomic E-state index is 0.724. The Kier molecular flexibility index (Phi) is 8.36. The summed E-state index contributed by atoms with van der Waals surface area (Å²) in [6, 6.07) is 60.6. The SMILES string of the molecule is Cc1ccc(-c2cc(-c3cc(C)c(-n4c5ccccc5c5cc(N(c6ccccc6)c6ccccc6)ccc54)cc3C)nc(-c3ccc(C)cc3)n2)cc1. The number of aromatic nitrogens is 3. The van der Waals surface area contributed by atoms with E-state index in [1.165, 1.54) is 38.5 Å². The molecule has 0 N–H and O–H groups in total. The van der Waals surface area contributed by atoms with Crippen molar-refractivity contribution in [3.8, 4) is 39.6 Å². The molecule has 0 unspecified atom stereocenters. The summed E-state index contributed by atoms with van der Waals surface area (Å²) < 4.78 is 2.42. The summed E-state index contributed by atoms with van der Waals surface area (Å²) in [4.78, 5) is 12.6. The van der Waals surface area contributed by atoms with E-state index < -0.39 is 0 Å². The minimum atomic E-state index is 0.724. The fraction of sp³-hybridized carbons (Fsp3) is 0.0800. The lowest BCUT2D eigenvalue weighted by molar-refractivity contribution is 1.13. The highest BCUT2D eigenvalue weighted by molar-refractivity contribution is 6.11. The van der Waals surface area contributed by atoms with Crippen molar-refractivity contribution in [1.29, 1.82) is 0 Å². The van der Waals surface area contributed by atoms with Crippen molar-refractivity contribution in [2.45, 2.75) is 27.7 Å². The Morgan fingerprint density at radius 2 is 1.00 bits per heavy atom. The van der Waals surface area contributed by atoms with Crippen LogP contribution in [-0.2, 0) is 0 Å². The average molecular weight is 697 g/mol. The largest absolute Gasteiger partial charge is 0.310 e. The molecular formula is C50H40N4. The van der Waals surface area contributed by atoms with Crippen LogP contribution in [0.25, 0.3) is 61.4 Å². The first kappa shape index (κ1) is 33.1. The molecule has 0 amide bonds. The fourth-order valence-corrected chi connectivity index (χ4v) is 7.57. The molecule has 0 atom stereocenters. The number of hydrogen-bond donors (Lipinski definition) is 0. The van der Waals surface area contributed by atoms with Gasteiger partial charge in [0, 0.05) is 50.2 Å². The second-order valence-corrected chi connectivity index (χ2v) is 14.2. The van der Waals surface area contributed by atoms with E-state index in [-0.39, 0.29) is 0 Å². The lowest BCUT2D eigenvalue weighted by atomic mass is 9.98. The van der Waals surface area contributed by atoms with Crippen molar-refractivity contribution in [2.75, 3.05) is 4.90 Å². The highest BCUT2D eigenvalue weighted by Gasteiger charge is 2.20. The van der Waals surface area contributed by atoms with Crippen LogP contribution >= 0.6 is 0 Å². The zero-order valence-corrected chi connectivity index (χ0v) is 31.0. The van der Waals surface area contributed by atoms with Gasteiger partial charge in [0.15, 0.2) is 5.82 Å². The van der Waals surface area contributed by atoms with Crippen molar-refractivity contribution in [1.82, 2.24) is 14.5 Å². The van der Waals surface area contributed by atoms with Gasteiger partial charge in [-0.15, -0.1) is 0 Å². The number of fused-ring (bicyclic) bond motifs is 3. The molecule has 2 heterocycles. The summed E-state index contributed by atoms with van der Waals surface area (Å²) in [5.74, 6) is 0.724. The normalized spacial score (nSPS) is 11.3. The second-order valence-electron chi connectivity index (χ2n) is 14.2. The molecule has 260 valence electrons. The van der Waals surface area contributed by atoms with Gasteiger partial charge in [0.25, 0.3) is 0 Å². The molecule has 0 aliphatic carbocycles. The molecule has 9 rings (SSSR count). The number of para-hydroxylation sites is 3. The molecule has 0 aliphatic rings. The van der Waals surface area contributed by atoms with Crippen LogP contribution in [0.2, 0.25) is 0 Å². The van der Waals surface area contributed by atoms with Crippen LogP contribution in [0.3, 0.4) is 0 Å². The van der Waals surface area contributed by atoms with Gasteiger partial charge in [-0.1, -0.05) is 114 Å². The van der Waals surface area contributed by atoms with Crippen LogP contribution in [0, 0.1) is 27.7 Å². The molecule has 9 aromatic rings. The maximum absolute atomic E-state index is 5.19. The molecule has 0 radical (unpaired) electrons. The Balaban J connectivity index is 1.19. The average Bonchev–Trinajstić information content (AvgIpc) is 3.53. The van der Waals surface area contributed by atoms with E-state index in [9.17, 15) is 0 Å². The van der Waals surface area contributed by atoms with Gasteiger partial charge in [-0.05, 0) is 106 Å². The molecule has 0 saturated carbocycles. The van der Waals surface area contributed by atoms with E-state index in [1.54, 1.807) is 0 Å². The Morgan fingerprint density at radius 3 is 1.67 bits per heavy atom. The first-order valence-corrected chi connectivity index (χ1v) is 18.5. The summed E-state index contributed by atoms with van der Waals surface area (Å²) in [6.07, 6.45) is 0. The van der Waals surface area contributed by atoms with Crippen LogP contribution in [0.5, 0.6) is 0 Å². The number of aryl methyl sites for hydroxylation is 4. The van der Waals surface area contributed by atoms with Crippen molar-refractivity contribution < 1.29 is 0 Å². The van der Waals surface area contributed by atoms with E-state index in [0.717, 1.165) is 62.2 Å². The van der Waals surface area contributed by atoms with Gasteiger partial charge in [-0.3, -0.25) is 0 Å². The number of benzene rings is 7. The van der Waals surface area contributed by atoms with Crippen molar-refractivity contribution in [3.05, 3.63) is 192 Å². The summed E-state index contributed by atoms with van der Waals surface area (Å²) in [6.45, 7) is 8.62. The van der Waals surface area contributed by atoms with Crippen molar-refractivity contribution in [3.63, 3.8) is 0 Å². The van der Waals surface area contributed by atoms with Gasteiger partial charge in [0.2, 0.25) is 0 Å². The maximum Gasteiger partial charge on any atom is 0.160 e. The van der Waals surface area contributed by atoms with Crippen LogP contribution in [0.15, 0.2) is 170 Å². The third-order valence-corrected chi connectivity index (χ3v) is 10.4. The van der Waals surface area contributed by atoms with Crippen LogP contribution < -0.4 is 4.90 Å². The van der Waals surface area contributed by atoms with Gasteiger partial charge < -0.3 is 9.47 Å². The van der Waals surface area contributed by atoms with E-state index in [2.05, 4.69) is 207 Å².